The van der Waals surface area contributed by atoms with Gasteiger partial charge in [0.25, 0.3) is 0 Å². The van der Waals surface area contributed by atoms with Crippen LogP contribution in [0, 0.1) is 5.92 Å². The van der Waals surface area contributed by atoms with Gasteiger partial charge in [-0.15, -0.1) is 11.3 Å². The zero-order chi connectivity index (χ0) is 21.3. The summed E-state index contributed by atoms with van der Waals surface area (Å²) in [6, 6.07) is 17.7. The Morgan fingerprint density at radius 2 is 2.16 bits per heavy atom. The number of hydrogen-bond donors (Lipinski definition) is 0. The molecule has 6 heteroatoms. The van der Waals surface area contributed by atoms with E-state index in [-0.39, 0.29) is 5.91 Å². The first-order valence-corrected chi connectivity index (χ1v) is 11.3. The van der Waals surface area contributed by atoms with E-state index >= 15 is 0 Å². The van der Waals surface area contributed by atoms with Gasteiger partial charge in [0.05, 0.1) is 25.5 Å². The number of hydrogen-bond acceptors (Lipinski definition) is 5. The minimum Gasteiger partial charge on any atom is -0.493 e. The highest BCUT2D eigenvalue weighted by molar-refractivity contribution is 7.10. The van der Waals surface area contributed by atoms with Gasteiger partial charge in [-0.25, -0.2) is 0 Å². The largest absolute Gasteiger partial charge is 0.493 e. The molecule has 0 radical (unpaired) electrons. The molecule has 0 bridgehead atoms. The Morgan fingerprint density at radius 1 is 1.19 bits per heavy atom. The average Bonchev–Trinajstić information content (AvgIpc) is 3.51. The van der Waals surface area contributed by atoms with E-state index in [9.17, 15) is 4.79 Å². The summed E-state index contributed by atoms with van der Waals surface area (Å²) in [4.78, 5) is 20.2. The number of carbonyl (C=O) groups is 1. The highest BCUT2D eigenvalue weighted by Crippen LogP contribution is 2.20. The first-order valence-electron chi connectivity index (χ1n) is 10.5. The van der Waals surface area contributed by atoms with Gasteiger partial charge in [-0.05, 0) is 53.8 Å². The molecule has 0 spiro atoms. The summed E-state index contributed by atoms with van der Waals surface area (Å²) in [6.45, 7) is 3.16. The van der Waals surface area contributed by atoms with Crippen molar-refractivity contribution in [3.05, 3.63) is 88.4 Å². The molecule has 31 heavy (non-hydrogen) atoms. The zero-order valence-electron chi connectivity index (χ0n) is 17.4. The van der Waals surface area contributed by atoms with Crippen molar-refractivity contribution in [2.24, 2.45) is 5.92 Å². The van der Waals surface area contributed by atoms with Crippen molar-refractivity contribution in [3.63, 3.8) is 0 Å². The Bertz CT molecular complexity index is 983. The fraction of sp³-hybridized carbons (Fsp3) is 0.280. The van der Waals surface area contributed by atoms with E-state index in [4.69, 9.17) is 9.47 Å². The van der Waals surface area contributed by atoms with E-state index in [2.05, 4.69) is 4.98 Å². The Labute approximate surface area is 187 Å². The number of benzene rings is 1. The van der Waals surface area contributed by atoms with Crippen LogP contribution in [0.5, 0.6) is 5.75 Å². The van der Waals surface area contributed by atoms with Crippen LogP contribution in [0.4, 0.5) is 0 Å². The van der Waals surface area contributed by atoms with Crippen LogP contribution in [0.25, 0.3) is 6.08 Å². The molecule has 1 saturated heterocycles. The summed E-state index contributed by atoms with van der Waals surface area (Å²) in [7, 11) is 0. The number of pyridine rings is 1. The maximum absolute atomic E-state index is 13.0. The van der Waals surface area contributed by atoms with Crippen molar-refractivity contribution >= 4 is 23.3 Å². The van der Waals surface area contributed by atoms with Gasteiger partial charge in [-0.1, -0.05) is 24.3 Å². The predicted octanol–water partition coefficient (Wildman–Crippen LogP) is 4.80. The van der Waals surface area contributed by atoms with Crippen molar-refractivity contribution in [2.75, 3.05) is 19.8 Å². The minimum atomic E-state index is -0.0477. The number of ether oxygens (including phenoxy) is 2. The second-order valence-corrected chi connectivity index (χ2v) is 8.53. The maximum atomic E-state index is 13.0. The van der Waals surface area contributed by atoms with Crippen LogP contribution in [0.1, 0.15) is 22.6 Å². The SMILES string of the molecule is O=C(/C=C/c1cccs1)N(Cc1cccc(OC[C@H]2CCOC2)c1)Cc1ccccn1. The summed E-state index contributed by atoms with van der Waals surface area (Å²) in [6.07, 6.45) is 6.29. The summed E-state index contributed by atoms with van der Waals surface area (Å²) >= 11 is 1.61. The van der Waals surface area contributed by atoms with Gasteiger partial charge >= 0.3 is 0 Å². The lowest BCUT2D eigenvalue weighted by atomic mass is 10.1. The molecule has 2 aromatic heterocycles. The van der Waals surface area contributed by atoms with E-state index in [1.54, 1.807) is 28.5 Å². The molecule has 1 aliphatic heterocycles. The molecule has 160 valence electrons. The number of rotatable bonds is 9. The lowest BCUT2D eigenvalue weighted by molar-refractivity contribution is -0.127. The lowest BCUT2D eigenvalue weighted by Crippen LogP contribution is -2.28. The molecular formula is C25H26N2O3S. The number of carbonyl (C=O) groups excluding carboxylic acids is 1. The average molecular weight is 435 g/mol. The first-order chi connectivity index (χ1) is 15.3. The van der Waals surface area contributed by atoms with Crippen molar-refractivity contribution in [1.82, 2.24) is 9.88 Å². The summed E-state index contributed by atoms with van der Waals surface area (Å²) in [5.41, 5.74) is 1.88. The first kappa shape index (κ1) is 21.3. The molecule has 3 aromatic rings. The van der Waals surface area contributed by atoms with Crippen molar-refractivity contribution in [1.29, 1.82) is 0 Å². The topological polar surface area (TPSA) is 51.7 Å². The number of nitrogens with zero attached hydrogens (tertiary/aromatic N) is 2. The van der Waals surface area contributed by atoms with Crippen LogP contribution in [-0.2, 0) is 22.6 Å². The Morgan fingerprint density at radius 3 is 2.94 bits per heavy atom. The van der Waals surface area contributed by atoms with Gasteiger partial charge in [0.1, 0.15) is 5.75 Å². The molecule has 3 heterocycles. The quantitative estimate of drug-likeness (QED) is 0.454. The van der Waals surface area contributed by atoms with Crippen molar-refractivity contribution in [2.45, 2.75) is 19.5 Å². The number of thiophene rings is 1. The van der Waals surface area contributed by atoms with Gasteiger partial charge < -0.3 is 14.4 Å². The van der Waals surface area contributed by atoms with Crippen molar-refractivity contribution in [3.8, 4) is 5.75 Å². The van der Waals surface area contributed by atoms with E-state index in [1.807, 2.05) is 66.1 Å². The standard InChI is InChI=1S/C25H26N2O3S/c28-25(10-9-24-8-4-14-31-24)27(17-22-6-1-2-12-26-22)16-20-5-3-7-23(15-20)30-19-21-11-13-29-18-21/h1-10,12,14-15,21H,11,13,16-19H2/b10-9+/t21-/m0/s1. The van der Waals surface area contributed by atoms with E-state index in [0.29, 0.717) is 25.6 Å². The van der Waals surface area contributed by atoms with E-state index < -0.39 is 0 Å². The third-order valence-corrected chi connectivity index (χ3v) is 5.94. The molecule has 1 aliphatic rings. The third kappa shape index (κ3) is 6.51. The molecule has 1 fully saturated rings. The van der Waals surface area contributed by atoms with Gasteiger partial charge in [-0.3, -0.25) is 9.78 Å². The van der Waals surface area contributed by atoms with Crippen LogP contribution < -0.4 is 4.74 Å². The minimum absolute atomic E-state index is 0.0477. The van der Waals surface area contributed by atoms with Crippen LogP contribution in [0.3, 0.4) is 0 Å². The fourth-order valence-corrected chi connectivity index (χ4v) is 4.04. The molecule has 0 saturated carbocycles. The van der Waals surface area contributed by atoms with E-state index in [1.165, 1.54) is 0 Å². The zero-order valence-corrected chi connectivity index (χ0v) is 18.2. The lowest BCUT2D eigenvalue weighted by Gasteiger charge is -2.21. The molecule has 1 aromatic carbocycles. The molecule has 0 aliphatic carbocycles. The molecule has 0 unspecified atom stereocenters. The number of aromatic nitrogens is 1. The van der Waals surface area contributed by atoms with Gasteiger partial charge in [-0.2, -0.15) is 0 Å². The molecule has 1 amide bonds. The van der Waals surface area contributed by atoms with E-state index in [0.717, 1.165) is 41.5 Å². The second kappa shape index (κ2) is 10.9. The Balaban J connectivity index is 1.45. The second-order valence-electron chi connectivity index (χ2n) is 7.55. The fourth-order valence-electron chi connectivity index (χ4n) is 3.43. The Hall–Kier alpha value is -2.96. The van der Waals surface area contributed by atoms with Crippen LogP contribution in [0.2, 0.25) is 0 Å². The summed E-state index contributed by atoms with van der Waals surface area (Å²) in [5.74, 6) is 1.23. The summed E-state index contributed by atoms with van der Waals surface area (Å²) in [5, 5.41) is 2.00. The Kier molecular flexibility index (Phi) is 7.47. The highest BCUT2D eigenvalue weighted by atomic mass is 32.1. The molecule has 4 rings (SSSR count). The molecule has 0 N–H and O–H groups in total. The monoisotopic (exact) mass is 434 g/mol. The van der Waals surface area contributed by atoms with Crippen molar-refractivity contribution < 1.29 is 14.3 Å². The van der Waals surface area contributed by atoms with Crippen LogP contribution in [0.15, 0.2) is 72.3 Å². The van der Waals surface area contributed by atoms with Crippen LogP contribution >= 0.6 is 11.3 Å². The maximum Gasteiger partial charge on any atom is 0.247 e. The van der Waals surface area contributed by atoms with Crippen LogP contribution in [-0.4, -0.2) is 35.6 Å². The molecule has 5 nitrogen and oxygen atoms in total. The van der Waals surface area contributed by atoms with Gasteiger partial charge in [0.2, 0.25) is 5.91 Å². The van der Waals surface area contributed by atoms with Gasteiger partial charge in [0, 0.05) is 36.2 Å². The number of amides is 1. The normalized spacial score (nSPS) is 15.9. The molecular weight excluding hydrogens is 408 g/mol. The third-order valence-electron chi connectivity index (χ3n) is 5.11. The smallest absolute Gasteiger partial charge is 0.247 e. The highest BCUT2D eigenvalue weighted by Gasteiger charge is 2.17. The van der Waals surface area contributed by atoms with Gasteiger partial charge in [0.15, 0.2) is 0 Å². The predicted molar refractivity (Wildman–Crippen MR) is 123 cm³/mol. The molecule has 1 atom stereocenters. The summed E-state index contributed by atoms with van der Waals surface area (Å²) < 4.78 is 11.4.